The van der Waals surface area contributed by atoms with E-state index in [0.29, 0.717) is 34.6 Å². The monoisotopic (exact) mass is 324 g/mol. The van der Waals surface area contributed by atoms with Crippen molar-refractivity contribution in [1.82, 2.24) is 5.32 Å². The Kier molecular flexibility index (Phi) is 5.31. The van der Waals surface area contributed by atoms with E-state index < -0.39 is 0 Å². The standard InChI is InChI=1S/C15H14Cl2N2O2/c16-12-2-1-3-13(17)14(12)15(20)19-8-9-21-11-6-4-10(18)5-7-11/h1-7H,8-9,18H2,(H,19,20). The number of nitrogens with one attached hydrogen (secondary N) is 1. The number of amides is 1. The number of anilines is 1. The van der Waals surface area contributed by atoms with Crippen LogP contribution < -0.4 is 15.8 Å². The van der Waals surface area contributed by atoms with Gasteiger partial charge in [0.15, 0.2) is 0 Å². The van der Waals surface area contributed by atoms with Crippen molar-refractivity contribution in [3.05, 3.63) is 58.1 Å². The zero-order valence-electron chi connectivity index (χ0n) is 11.1. The topological polar surface area (TPSA) is 64.3 Å². The summed E-state index contributed by atoms with van der Waals surface area (Å²) in [6.07, 6.45) is 0. The second-order valence-corrected chi connectivity index (χ2v) is 5.08. The van der Waals surface area contributed by atoms with Crippen LogP contribution in [-0.2, 0) is 0 Å². The highest BCUT2D eigenvalue weighted by Gasteiger charge is 2.13. The van der Waals surface area contributed by atoms with Gasteiger partial charge in [0.05, 0.1) is 22.2 Å². The minimum atomic E-state index is -0.327. The predicted molar refractivity (Wildman–Crippen MR) is 85.1 cm³/mol. The van der Waals surface area contributed by atoms with Gasteiger partial charge in [-0.3, -0.25) is 4.79 Å². The number of carbonyl (C=O) groups is 1. The molecule has 0 atom stereocenters. The zero-order chi connectivity index (χ0) is 15.2. The summed E-state index contributed by atoms with van der Waals surface area (Å²) in [6.45, 7) is 0.669. The van der Waals surface area contributed by atoms with Crippen molar-refractivity contribution in [2.24, 2.45) is 0 Å². The van der Waals surface area contributed by atoms with Crippen LogP contribution in [0.4, 0.5) is 5.69 Å². The molecule has 2 rings (SSSR count). The number of nitrogens with two attached hydrogens (primary N) is 1. The maximum atomic E-state index is 12.0. The molecule has 0 saturated heterocycles. The number of hydrogen-bond donors (Lipinski definition) is 2. The first-order chi connectivity index (χ1) is 10.1. The number of carbonyl (C=O) groups excluding carboxylic acids is 1. The van der Waals surface area contributed by atoms with Crippen molar-refractivity contribution in [3.63, 3.8) is 0 Å². The first kappa shape index (κ1) is 15.5. The van der Waals surface area contributed by atoms with Gasteiger partial charge in [0.25, 0.3) is 5.91 Å². The van der Waals surface area contributed by atoms with E-state index in [1.807, 2.05) is 0 Å². The maximum Gasteiger partial charge on any atom is 0.254 e. The maximum absolute atomic E-state index is 12.0. The van der Waals surface area contributed by atoms with Crippen LogP contribution in [0.15, 0.2) is 42.5 Å². The first-order valence-corrected chi connectivity index (χ1v) is 7.04. The molecule has 0 aliphatic carbocycles. The van der Waals surface area contributed by atoms with Crippen LogP contribution >= 0.6 is 23.2 Å². The fourth-order valence-electron chi connectivity index (χ4n) is 1.70. The molecule has 3 N–H and O–H groups in total. The lowest BCUT2D eigenvalue weighted by molar-refractivity contribution is 0.0947. The summed E-state index contributed by atoms with van der Waals surface area (Å²) in [6, 6.07) is 11.9. The van der Waals surface area contributed by atoms with Crippen LogP contribution in [0.5, 0.6) is 5.75 Å². The minimum Gasteiger partial charge on any atom is -0.492 e. The molecule has 0 aliphatic rings. The fraction of sp³-hybridized carbons (Fsp3) is 0.133. The third kappa shape index (κ3) is 4.28. The molecular formula is C15H14Cl2N2O2. The van der Waals surface area contributed by atoms with Gasteiger partial charge in [-0.05, 0) is 36.4 Å². The van der Waals surface area contributed by atoms with Crippen molar-refractivity contribution in [2.45, 2.75) is 0 Å². The summed E-state index contributed by atoms with van der Waals surface area (Å²) in [5.41, 5.74) is 6.52. The van der Waals surface area contributed by atoms with Gasteiger partial charge in [-0.25, -0.2) is 0 Å². The molecule has 1 amide bonds. The van der Waals surface area contributed by atoms with Crippen LogP contribution in [-0.4, -0.2) is 19.1 Å². The summed E-state index contributed by atoms with van der Waals surface area (Å²) >= 11 is 11.9. The van der Waals surface area contributed by atoms with Gasteiger partial charge in [0, 0.05) is 5.69 Å². The highest BCUT2D eigenvalue weighted by Crippen LogP contribution is 2.23. The molecule has 0 fully saturated rings. The summed E-state index contributed by atoms with van der Waals surface area (Å²) in [5, 5.41) is 3.34. The Labute approximate surface area is 132 Å². The van der Waals surface area contributed by atoms with Crippen molar-refractivity contribution in [1.29, 1.82) is 0 Å². The smallest absolute Gasteiger partial charge is 0.254 e. The predicted octanol–water partition coefficient (Wildman–Crippen LogP) is 3.38. The van der Waals surface area contributed by atoms with E-state index in [1.54, 1.807) is 42.5 Å². The number of nitrogen functional groups attached to an aromatic ring is 1. The average molecular weight is 325 g/mol. The molecule has 2 aromatic carbocycles. The third-order valence-corrected chi connectivity index (χ3v) is 3.36. The van der Waals surface area contributed by atoms with E-state index in [2.05, 4.69) is 5.32 Å². The number of ether oxygens (including phenoxy) is 1. The molecule has 0 bridgehead atoms. The van der Waals surface area contributed by atoms with Gasteiger partial charge < -0.3 is 15.8 Å². The Morgan fingerprint density at radius 3 is 2.33 bits per heavy atom. The third-order valence-electron chi connectivity index (χ3n) is 2.73. The normalized spacial score (nSPS) is 10.2. The summed E-state index contributed by atoms with van der Waals surface area (Å²) in [5.74, 6) is 0.362. The lowest BCUT2D eigenvalue weighted by Gasteiger charge is -2.09. The Morgan fingerprint density at radius 2 is 1.71 bits per heavy atom. The Morgan fingerprint density at radius 1 is 1.10 bits per heavy atom. The molecule has 0 saturated carbocycles. The van der Waals surface area contributed by atoms with Gasteiger partial charge in [0.1, 0.15) is 12.4 Å². The van der Waals surface area contributed by atoms with Gasteiger partial charge in [-0.2, -0.15) is 0 Å². The number of benzene rings is 2. The Balaban J connectivity index is 1.83. The van der Waals surface area contributed by atoms with E-state index in [-0.39, 0.29) is 11.5 Å². The van der Waals surface area contributed by atoms with E-state index in [1.165, 1.54) is 0 Å². The van der Waals surface area contributed by atoms with Crippen molar-refractivity contribution in [3.8, 4) is 5.75 Å². The first-order valence-electron chi connectivity index (χ1n) is 6.28. The van der Waals surface area contributed by atoms with E-state index in [4.69, 9.17) is 33.7 Å². The van der Waals surface area contributed by atoms with E-state index in [9.17, 15) is 4.79 Å². The molecule has 0 aromatic heterocycles. The molecule has 0 unspecified atom stereocenters. The highest BCUT2D eigenvalue weighted by molar-refractivity contribution is 6.39. The van der Waals surface area contributed by atoms with Gasteiger partial charge >= 0.3 is 0 Å². The van der Waals surface area contributed by atoms with Gasteiger partial charge in [0.2, 0.25) is 0 Å². The fourth-order valence-corrected chi connectivity index (χ4v) is 2.27. The van der Waals surface area contributed by atoms with Crippen molar-refractivity contribution in [2.75, 3.05) is 18.9 Å². The molecule has 6 heteroatoms. The molecule has 0 radical (unpaired) electrons. The SMILES string of the molecule is Nc1ccc(OCCNC(=O)c2c(Cl)cccc2Cl)cc1. The van der Waals surface area contributed by atoms with Crippen molar-refractivity contribution >= 4 is 34.8 Å². The molecule has 21 heavy (non-hydrogen) atoms. The molecule has 110 valence electrons. The molecular weight excluding hydrogens is 311 g/mol. The van der Waals surface area contributed by atoms with Crippen LogP contribution in [0.3, 0.4) is 0 Å². The zero-order valence-corrected chi connectivity index (χ0v) is 12.6. The second-order valence-electron chi connectivity index (χ2n) is 4.27. The summed E-state index contributed by atoms with van der Waals surface area (Å²) < 4.78 is 5.47. The number of rotatable bonds is 5. The quantitative estimate of drug-likeness (QED) is 0.654. The summed E-state index contributed by atoms with van der Waals surface area (Å²) in [4.78, 5) is 12.0. The Bertz CT molecular complexity index is 610. The van der Waals surface area contributed by atoms with Gasteiger partial charge in [-0.1, -0.05) is 29.3 Å². The lowest BCUT2D eigenvalue weighted by Crippen LogP contribution is -2.28. The van der Waals surface area contributed by atoms with Gasteiger partial charge in [-0.15, -0.1) is 0 Å². The largest absolute Gasteiger partial charge is 0.492 e. The van der Waals surface area contributed by atoms with E-state index >= 15 is 0 Å². The Hall–Kier alpha value is -1.91. The van der Waals surface area contributed by atoms with E-state index in [0.717, 1.165) is 0 Å². The highest BCUT2D eigenvalue weighted by atomic mass is 35.5. The number of halogens is 2. The van der Waals surface area contributed by atoms with Crippen LogP contribution in [0.2, 0.25) is 10.0 Å². The van der Waals surface area contributed by atoms with Crippen molar-refractivity contribution < 1.29 is 9.53 Å². The molecule has 0 spiro atoms. The summed E-state index contributed by atoms with van der Waals surface area (Å²) in [7, 11) is 0. The number of hydrogen-bond acceptors (Lipinski definition) is 3. The molecule has 2 aromatic rings. The van der Waals surface area contributed by atoms with Crippen LogP contribution in [0.1, 0.15) is 10.4 Å². The second kappa shape index (κ2) is 7.20. The van der Waals surface area contributed by atoms with Crippen LogP contribution in [0, 0.1) is 0 Å². The minimum absolute atomic E-state index is 0.272. The average Bonchev–Trinajstić information content (AvgIpc) is 2.45. The molecule has 0 heterocycles. The van der Waals surface area contributed by atoms with Crippen LogP contribution in [0.25, 0.3) is 0 Å². The molecule has 0 aliphatic heterocycles. The lowest BCUT2D eigenvalue weighted by atomic mass is 10.2. The molecule has 4 nitrogen and oxygen atoms in total.